The normalized spacial score (nSPS) is 10.3. The number of benzene rings is 1. The maximum atomic E-state index is 13.1. The molecule has 0 aliphatic heterocycles. The summed E-state index contributed by atoms with van der Waals surface area (Å²) in [6.07, 6.45) is 3.11. The minimum Gasteiger partial charge on any atom is -0.422 e. The van der Waals surface area contributed by atoms with Crippen LogP contribution in [0.25, 0.3) is 6.08 Å². The molecule has 1 aromatic heterocycles. The molecule has 0 bridgehead atoms. The largest absolute Gasteiger partial charge is 0.422 e. The van der Waals surface area contributed by atoms with E-state index in [2.05, 4.69) is 13.2 Å². The number of hydrogen-bond acceptors (Lipinski definition) is 2. The fourth-order valence-corrected chi connectivity index (χ4v) is 2.22. The Bertz CT molecular complexity index is 753. The van der Waals surface area contributed by atoms with Gasteiger partial charge in [-0.25, -0.2) is 13.6 Å². The molecule has 3 nitrogen and oxygen atoms in total. The molecule has 1 aromatic carbocycles. The first-order chi connectivity index (χ1) is 10.5. The van der Waals surface area contributed by atoms with Gasteiger partial charge >= 0.3 is 5.97 Å². The summed E-state index contributed by atoms with van der Waals surface area (Å²) in [4.78, 5) is 12.2. The monoisotopic (exact) mass is 323 g/mol. The van der Waals surface area contributed by atoms with Crippen LogP contribution in [0, 0.1) is 11.6 Å². The van der Waals surface area contributed by atoms with E-state index < -0.39 is 17.6 Å². The van der Waals surface area contributed by atoms with Crippen molar-refractivity contribution in [3.05, 3.63) is 71.5 Å². The van der Waals surface area contributed by atoms with Crippen molar-refractivity contribution in [2.45, 2.75) is 6.54 Å². The van der Waals surface area contributed by atoms with E-state index >= 15 is 0 Å². The fourth-order valence-electron chi connectivity index (χ4n) is 1.93. The first-order valence-electron chi connectivity index (χ1n) is 6.27. The van der Waals surface area contributed by atoms with Crippen LogP contribution in [0.15, 0.2) is 43.5 Å². The number of esters is 1. The van der Waals surface area contributed by atoms with E-state index in [1.165, 1.54) is 6.08 Å². The number of ether oxygens (including phenoxy) is 1. The molecule has 0 amide bonds. The summed E-state index contributed by atoms with van der Waals surface area (Å²) in [5.41, 5.74) is 0.698. The molecule has 22 heavy (non-hydrogen) atoms. The van der Waals surface area contributed by atoms with Gasteiger partial charge in [0.15, 0.2) is 11.6 Å². The molecular weight excluding hydrogens is 312 g/mol. The van der Waals surface area contributed by atoms with Crippen LogP contribution in [0.1, 0.15) is 16.2 Å². The van der Waals surface area contributed by atoms with Gasteiger partial charge in [-0.2, -0.15) is 0 Å². The van der Waals surface area contributed by atoms with Crippen molar-refractivity contribution in [1.29, 1.82) is 0 Å². The van der Waals surface area contributed by atoms with Crippen molar-refractivity contribution in [2.75, 3.05) is 0 Å². The maximum absolute atomic E-state index is 13.1. The molecule has 6 heteroatoms. The first-order valence-corrected chi connectivity index (χ1v) is 6.65. The van der Waals surface area contributed by atoms with Crippen molar-refractivity contribution in [3.63, 3.8) is 0 Å². The van der Waals surface area contributed by atoms with Gasteiger partial charge in [-0.1, -0.05) is 24.3 Å². The van der Waals surface area contributed by atoms with Gasteiger partial charge in [0, 0.05) is 18.3 Å². The summed E-state index contributed by atoms with van der Waals surface area (Å²) in [5.74, 6) is -3.04. The minimum atomic E-state index is -1.11. The Balaban J connectivity index is 2.36. The van der Waals surface area contributed by atoms with Crippen molar-refractivity contribution < 1.29 is 18.3 Å². The number of halogens is 3. The van der Waals surface area contributed by atoms with Gasteiger partial charge in [-0.3, -0.25) is 0 Å². The molecule has 0 unspecified atom stereocenters. The Labute approximate surface area is 131 Å². The Kier molecular flexibility index (Phi) is 4.78. The van der Waals surface area contributed by atoms with Gasteiger partial charge in [0.2, 0.25) is 0 Å². The van der Waals surface area contributed by atoms with E-state index in [9.17, 15) is 13.6 Å². The van der Waals surface area contributed by atoms with Crippen LogP contribution in [0.3, 0.4) is 0 Å². The van der Waals surface area contributed by atoms with Gasteiger partial charge in [0.05, 0.1) is 5.02 Å². The van der Waals surface area contributed by atoms with Gasteiger partial charge in [0.1, 0.15) is 11.4 Å². The van der Waals surface area contributed by atoms with Gasteiger partial charge in [0.25, 0.3) is 0 Å². The standard InChI is InChI=1S/C16H12ClF2NO2/c1-3-7-20-10(4-2)8-12(17)15(20)16(21)22-11-5-6-13(18)14(19)9-11/h3-6,8-9H,1-2,7H2. The van der Waals surface area contributed by atoms with Crippen LogP contribution in [0.4, 0.5) is 8.78 Å². The number of allylic oxidation sites excluding steroid dienone is 1. The third-order valence-electron chi connectivity index (χ3n) is 2.90. The predicted octanol–water partition coefficient (Wildman–Crippen LogP) is 4.47. The van der Waals surface area contributed by atoms with E-state index in [1.807, 2.05) is 0 Å². The lowest BCUT2D eigenvalue weighted by atomic mass is 10.3. The van der Waals surface area contributed by atoms with E-state index in [1.54, 1.807) is 16.7 Å². The third-order valence-corrected chi connectivity index (χ3v) is 3.19. The van der Waals surface area contributed by atoms with Gasteiger partial charge in [-0.05, 0) is 24.3 Å². The van der Waals surface area contributed by atoms with Crippen LogP contribution >= 0.6 is 11.6 Å². The number of carbonyl (C=O) groups excluding carboxylic acids is 1. The highest BCUT2D eigenvalue weighted by atomic mass is 35.5. The molecule has 0 atom stereocenters. The second-order valence-corrected chi connectivity index (χ2v) is 4.74. The third kappa shape index (κ3) is 3.09. The SMILES string of the molecule is C=CCn1c(C=C)cc(Cl)c1C(=O)Oc1ccc(F)c(F)c1. The van der Waals surface area contributed by atoms with E-state index in [0.717, 1.165) is 18.2 Å². The molecule has 114 valence electrons. The lowest BCUT2D eigenvalue weighted by Gasteiger charge is -2.10. The average molecular weight is 324 g/mol. The summed E-state index contributed by atoms with van der Waals surface area (Å²) in [6.45, 7) is 7.56. The molecule has 0 saturated heterocycles. The number of aromatic nitrogens is 1. The summed E-state index contributed by atoms with van der Waals surface area (Å²) in [6, 6.07) is 4.37. The molecule has 0 spiro atoms. The number of hydrogen-bond donors (Lipinski definition) is 0. The number of nitrogens with zero attached hydrogens (tertiary/aromatic N) is 1. The van der Waals surface area contributed by atoms with Crippen LogP contribution < -0.4 is 4.74 Å². The lowest BCUT2D eigenvalue weighted by molar-refractivity contribution is 0.0723. The Hall–Kier alpha value is -2.40. The Morgan fingerprint density at radius 1 is 1.27 bits per heavy atom. The topological polar surface area (TPSA) is 31.2 Å². The Morgan fingerprint density at radius 3 is 2.59 bits per heavy atom. The second kappa shape index (κ2) is 6.58. The first kappa shape index (κ1) is 16.0. The minimum absolute atomic E-state index is 0.0844. The molecule has 0 radical (unpaired) electrons. The predicted molar refractivity (Wildman–Crippen MR) is 81.0 cm³/mol. The molecule has 0 saturated carbocycles. The molecule has 2 rings (SSSR count). The molecule has 2 aromatic rings. The molecule has 0 aliphatic rings. The summed E-state index contributed by atoms with van der Waals surface area (Å²) in [7, 11) is 0. The lowest BCUT2D eigenvalue weighted by Crippen LogP contribution is -2.16. The summed E-state index contributed by atoms with van der Waals surface area (Å²) >= 11 is 6.04. The Morgan fingerprint density at radius 2 is 2.00 bits per heavy atom. The van der Waals surface area contributed by atoms with Crippen molar-refractivity contribution in [2.24, 2.45) is 0 Å². The zero-order chi connectivity index (χ0) is 16.3. The van der Waals surface area contributed by atoms with E-state index in [0.29, 0.717) is 12.2 Å². The van der Waals surface area contributed by atoms with Gasteiger partial charge < -0.3 is 9.30 Å². The van der Waals surface area contributed by atoms with Crippen molar-refractivity contribution >= 4 is 23.6 Å². The highest BCUT2D eigenvalue weighted by Crippen LogP contribution is 2.25. The molecule has 0 N–H and O–H groups in total. The van der Waals surface area contributed by atoms with E-state index in [4.69, 9.17) is 16.3 Å². The fraction of sp³-hybridized carbons (Fsp3) is 0.0625. The van der Waals surface area contributed by atoms with Crippen molar-refractivity contribution in [1.82, 2.24) is 4.57 Å². The summed E-state index contributed by atoms with van der Waals surface area (Å²) < 4.78 is 32.6. The number of rotatable bonds is 5. The van der Waals surface area contributed by atoms with Crippen molar-refractivity contribution in [3.8, 4) is 5.75 Å². The molecule has 0 aliphatic carbocycles. The van der Waals surface area contributed by atoms with Gasteiger partial charge in [-0.15, -0.1) is 6.58 Å². The molecular formula is C16H12ClF2NO2. The zero-order valence-corrected chi connectivity index (χ0v) is 12.2. The van der Waals surface area contributed by atoms with Crippen LogP contribution in [-0.2, 0) is 6.54 Å². The second-order valence-electron chi connectivity index (χ2n) is 4.33. The molecule has 1 heterocycles. The molecule has 0 fully saturated rings. The summed E-state index contributed by atoms with van der Waals surface area (Å²) in [5, 5.41) is 0.171. The van der Waals surface area contributed by atoms with Crippen LogP contribution in [0.5, 0.6) is 5.75 Å². The zero-order valence-electron chi connectivity index (χ0n) is 11.5. The number of carbonyl (C=O) groups is 1. The maximum Gasteiger partial charge on any atom is 0.361 e. The smallest absolute Gasteiger partial charge is 0.361 e. The van der Waals surface area contributed by atoms with Crippen LogP contribution in [-0.4, -0.2) is 10.5 Å². The van der Waals surface area contributed by atoms with E-state index in [-0.39, 0.29) is 16.5 Å². The quantitative estimate of drug-likeness (QED) is 0.462. The van der Waals surface area contributed by atoms with Crippen LogP contribution in [0.2, 0.25) is 5.02 Å². The highest BCUT2D eigenvalue weighted by Gasteiger charge is 2.21. The highest BCUT2D eigenvalue weighted by molar-refractivity contribution is 6.33. The average Bonchev–Trinajstić information content (AvgIpc) is 2.79.